The molecule has 1 aliphatic rings. The Bertz CT molecular complexity index is 151. The van der Waals surface area contributed by atoms with E-state index in [0.29, 0.717) is 0 Å². The van der Waals surface area contributed by atoms with E-state index in [0.717, 1.165) is 6.42 Å². The topological polar surface area (TPSA) is 20.2 Å². The van der Waals surface area contributed by atoms with E-state index in [9.17, 15) is 5.11 Å². The van der Waals surface area contributed by atoms with Crippen LogP contribution in [0.5, 0.6) is 0 Å². The average molecular weight is 161 g/mol. The Morgan fingerprint density at radius 2 is 2.10 bits per heavy atom. The second-order valence-electron chi connectivity index (χ2n) is 3.54. The lowest BCUT2D eigenvalue weighted by Crippen LogP contribution is -2.33. The van der Waals surface area contributed by atoms with Gasteiger partial charge in [0.05, 0.1) is 11.5 Å². The molecular formula is C8H13ClO. The van der Waals surface area contributed by atoms with Crippen LogP contribution in [0, 0.1) is 5.41 Å². The first kappa shape index (κ1) is 8.09. The number of aliphatic hydroxyl groups excluding tert-OH is 1. The van der Waals surface area contributed by atoms with E-state index >= 15 is 0 Å². The number of aliphatic hydroxyl groups is 1. The third kappa shape index (κ3) is 1.53. The summed E-state index contributed by atoms with van der Waals surface area (Å²) < 4.78 is 0. The maximum atomic E-state index is 9.41. The number of hydrogen-bond acceptors (Lipinski definition) is 1. The van der Waals surface area contributed by atoms with Gasteiger partial charge in [0.15, 0.2) is 0 Å². The zero-order valence-corrected chi connectivity index (χ0v) is 7.10. The Morgan fingerprint density at radius 3 is 2.50 bits per heavy atom. The van der Waals surface area contributed by atoms with Crippen molar-refractivity contribution in [3.63, 3.8) is 0 Å². The second-order valence-corrected chi connectivity index (χ2v) is 4.10. The van der Waals surface area contributed by atoms with E-state index in [4.69, 9.17) is 11.6 Å². The summed E-state index contributed by atoms with van der Waals surface area (Å²) in [5.74, 6) is 0. The van der Waals surface area contributed by atoms with Crippen molar-refractivity contribution in [2.75, 3.05) is 0 Å². The third-order valence-electron chi connectivity index (χ3n) is 2.02. The molecule has 0 aliphatic heterocycles. The first-order chi connectivity index (χ1) is 4.52. The van der Waals surface area contributed by atoms with Gasteiger partial charge in [-0.15, -0.1) is 11.6 Å². The van der Waals surface area contributed by atoms with Crippen LogP contribution in [0.3, 0.4) is 0 Å². The summed E-state index contributed by atoms with van der Waals surface area (Å²) in [6.07, 6.45) is 4.16. The van der Waals surface area contributed by atoms with Gasteiger partial charge in [-0.3, -0.25) is 0 Å². The second kappa shape index (κ2) is 2.55. The van der Waals surface area contributed by atoms with Crippen molar-refractivity contribution in [3.05, 3.63) is 12.2 Å². The normalized spacial score (nSPS) is 38.0. The van der Waals surface area contributed by atoms with Gasteiger partial charge in [0.25, 0.3) is 0 Å². The van der Waals surface area contributed by atoms with Crippen molar-refractivity contribution in [1.29, 1.82) is 0 Å². The smallest absolute Gasteiger partial charge is 0.0772 e. The number of hydrogen-bond donors (Lipinski definition) is 1. The van der Waals surface area contributed by atoms with Crippen LogP contribution < -0.4 is 0 Å². The highest BCUT2D eigenvalue weighted by Gasteiger charge is 2.31. The van der Waals surface area contributed by atoms with Crippen LogP contribution in [0.15, 0.2) is 12.2 Å². The van der Waals surface area contributed by atoms with E-state index in [2.05, 4.69) is 0 Å². The Balaban J connectivity index is 2.72. The fourth-order valence-corrected chi connectivity index (χ4v) is 1.66. The average Bonchev–Trinajstić information content (AvgIpc) is 1.78. The minimum atomic E-state index is -0.331. The van der Waals surface area contributed by atoms with Crippen LogP contribution in [0.25, 0.3) is 0 Å². The van der Waals surface area contributed by atoms with Crippen LogP contribution in [0.2, 0.25) is 0 Å². The molecule has 58 valence electrons. The quantitative estimate of drug-likeness (QED) is 0.424. The number of halogens is 1. The van der Waals surface area contributed by atoms with Crippen molar-refractivity contribution in [1.82, 2.24) is 0 Å². The Kier molecular flexibility index (Phi) is 2.07. The summed E-state index contributed by atoms with van der Waals surface area (Å²) in [4.78, 5) is 0. The SMILES string of the molecule is CC1(C)C[C@@H](Cl)C=C[C@H]1O. The van der Waals surface area contributed by atoms with Gasteiger partial charge in [-0.1, -0.05) is 26.0 Å². The van der Waals surface area contributed by atoms with Gasteiger partial charge in [0.2, 0.25) is 0 Å². The molecular weight excluding hydrogens is 148 g/mol. The zero-order valence-electron chi connectivity index (χ0n) is 6.34. The van der Waals surface area contributed by atoms with E-state index in [-0.39, 0.29) is 16.9 Å². The van der Waals surface area contributed by atoms with E-state index < -0.39 is 0 Å². The predicted molar refractivity (Wildman–Crippen MR) is 43.2 cm³/mol. The fraction of sp³-hybridized carbons (Fsp3) is 0.750. The van der Waals surface area contributed by atoms with Gasteiger partial charge >= 0.3 is 0 Å². The minimum absolute atomic E-state index is 0.0544. The molecule has 1 nitrogen and oxygen atoms in total. The highest BCUT2D eigenvalue weighted by Crippen LogP contribution is 2.33. The van der Waals surface area contributed by atoms with Crippen molar-refractivity contribution >= 4 is 11.6 Å². The summed E-state index contributed by atoms with van der Waals surface area (Å²) in [7, 11) is 0. The lowest BCUT2D eigenvalue weighted by Gasteiger charge is -2.33. The van der Waals surface area contributed by atoms with Crippen molar-refractivity contribution in [3.8, 4) is 0 Å². The minimum Gasteiger partial charge on any atom is -0.388 e. The number of alkyl halides is 1. The number of allylic oxidation sites excluding steroid dienone is 1. The first-order valence-electron chi connectivity index (χ1n) is 3.53. The third-order valence-corrected chi connectivity index (χ3v) is 2.32. The number of rotatable bonds is 0. The highest BCUT2D eigenvalue weighted by atomic mass is 35.5. The van der Waals surface area contributed by atoms with Gasteiger partial charge in [-0.25, -0.2) is 0 Å². The Morgan fingerprint density at radius 1 is 1.50 bits per heavy atom. The molecule has 0 fully saturated rings. The Hall–Kier alpha value is -0.0100. The molecule has 1 N–H and O–H groups in total. The molecule has 0 amide bonds. The van der Waals surface area contributed by atoms with Crippen molar-refractivity contribution < 1.29 is 5.11 Å². The van der Waals surface area contributed by atoms with Crippen LogP contribution in [-0.4, -0.2) is 16.6 Å². The maximum Gasteiger partial charge on any atom is 0.0772 e. The van der Waals surface area contributed by atoms with Gasteiger partial charge < -0.3 is 5.11 Å². The summed E-state index contributed by atoms with van der Waals surface area (Å²) in [6.45, 7) is 4.05. The summed E-state index contributed by atoms with van der Waals surface area (Å²) in [5, 5.41) is 9.51. The molecule has 0 aromatic carbocycles. The molecule has 0 radical (unpaired) electrons. The van der Waals surface area contributed by atoms with Crippen molar-refractivity contribution in [2.24, 2.45) is 5.41 Å². The first-order valence-corrected chi connectivity index (χ1v) is 3.96. The summed E-state index contributed by atoms with van der Waals surface area (Å²) >= 11 is 5.87. The molecule has 0 saturated carbocycles. The van der Waals surface area contributed by atoms with E-state index in [1.165, 1.54) is 0 Å². The Labute approximate surface area is 66.7 Å². The zero-order chi connectivity index (χ0) is 7.78. The van der Waals surface area contributed by atoms with Crippen molar-refractivity contribution in [2.45, 2.75) is 31.7 Å². The van der Waals surface area contributed by atoms with Gasteiger partial charge in [-0.05, 0) is 11.8 Å². The lowest BCUT2D eigenvalue weighted by atomic mass is 9.78. The van der Waals surface area contributed by atoms with Crippen LogP contribution >= 0.6 is 11.6 Å². The molecule has 10 heavy (non-hydrogen) atoms. The molecule has 1 rings (SSSR count). The van der Waals surface area contributed by atoms with Crippen LogP contribution in [-0.2, 0) is 0 Å². The molecule has 0 aromatic rings. The molecule has 2 atom stereocenters. The predicted octanol–water partition coefficient (Wildman–Crippen LogP) is 1.94. The molecule has 2 heteroatoms. The van der Waals surface area contributed by atoms with Gasteiger partial charge in [-0.2, -0.15) is 0 Å². The standard InChI is InChI=1S/C8H13ClO/c1-8(2)5-6(9)3-4-7(8)10/h3-4,6-7,10H,5H2,1-2H3/t6-,7+/m0/s1. The fourth-order valence-electron chi connectivity index (χ4n) is 1.18. The van der Waals surface area contributed by atoms with E-state index in [1.54, 1.807) is 6.08 Å². The van der Waals surface area contributed by atoms with Crippen LogP contribution in [0.1, 0.15) is 20.3 Å². The molecule has 0 heterocycles. The maximum absolute atomic E-state index is 9.41. The molecule has 1 aliphatic carbocycles. The molecule has 0 bridgehead atoms. The lowest BCUT2D eigenvalue weighted by molar-refractivity contribution is 0.0785. The largest absolute Gasteiger partial charge is 0.388 e. The molecule has 0 unspecified atom stereocenters. The van der Waals surface area contributed by atoms with Gasteiger partial charge in [0.1, 0.15) is 0 Å². The summed E-state index contributed by atoms with van der Waals surface area (Å²) in [5.41, 5.74) is -0.0544. The molecule has 0 saturated heterocycles. The summed E-state index contributed by atoms with van der Waals surface area (Å²) in [6, 6.07) is 0. The highest BCUT2D eigenvalue weighted by molar-refractivity contribution is 6.21. The molecule has 0 aromatic heterocycles. The van der Waals surface area contributed by atoms with Crippen LogP contribution in [0.4, 0.5) is 0 Å². The van der Waals surface area contributed by atoms with E-state index in [1.807, 2.05) is 19.9 Å². The molecule has 0 spiro atoms. The monoisotopic (exact) mass is 160 g/mol. The van der Waals surface area contributed by atoms with Gasteiger partial charge in [0, 0.05) is 0 Å².